The highest BCUT2D eigenvalue weighted by molar-refractivity contribution is 7.89. The molecular weight excluding hydrogens is 512 g/mol. The van der Waals surface area contributed by atoms with Gasteiger partial charge in [0.05, 0.1) is 17.1 Å². The smallest absolute Gasteiger partial charge is 0.267 e. The van der Waals surface area contributed by atoms with E-state index < -0.39 is 22.0 Å². The number of benzene rings is 1. The largest absolute Gasteiger partial charge is 0.360 e. The van der Waals surface area contributed by atoms with Gasteiger partial charge in [-0.05, 0) is 61.9 Å². The van der Waals surface area contributed by atoms with Gasteiger partial charge in [-0.2, -0.15) is 14.6 Å². The van der Waals surface area contributed by atoms with Gasteiger partial charge < -0.3 is 16.0 Å². The molecule has 2 aromatic rings. The highest BCUT2D eigenvalue weighted by Crippen LogP contribution is 2.37. The predicted molar refractivity (Wildman–Crippen MR) is 140 cm³/mol. The fourth-order valence-electron chi connectivity index (χ4n) is 5.21. The molecule has 3 N–H and O–H groups in total. The first-order valence-electron chi connectivity index (χ1n) is 12.9. The summed E-state index contributed by atoms with van der Waals surface area (Å²) in [5.41, 5.74) is 2.36. The normalized spacial score (nSPS) is 22.4. The molecule has 1 aromatic heterocycles. The Balaban J connectivity index is 1.20. The second-order valence-corrected chi connectivity index (χ2v) is 11.9. The first-order valence-corrected chi connectivity index (χ1v) is 14.4. The first-order chi connectivity index (χ1) is 18.3. The Morgan fingerprint density at radius 2 is 1.89 bits per heavy atom. The maximum Gasteiger partial charge on any atom is 0.267 e. The van der Waals surface area contributed by atoms with E-state index in [2.05, 4.69) is 32.0 Å². The Hall–Kier alpha value is -3.14. The van der Waals surface area contributed by atoms with E-state index in [9.17, 15) is 22.5 Å². The summed E-state index contributed by atoms with van der Waals surface area (Å²) in [6.45, 7) is 2.39. The molecule has 1 aliphatic carbocycles. The predicted octanol–water partition coefficient (Wildman–Crippen LogP) is 3.59. The van der Waals surface area contributed by atoms with Crippen LogP contribution in [0.5, 0.6) is 0 Å². The van der Waals surface area contributed by atoms with Gasteiger partial charge in [-0.1, -0.05) is 18.2 Å². The van der Waals surface area contributed by atoms with Crippen molar-refractivity contribution in [2.75, 3.05) is 36.8 Å². The Kier molecular flexibility index (Phi) is 7.61. The molecule has 2 fully saturated rings. The standard InChI is InChI=1S/C26H31F2N7O2S/c27-26(28)11-1-2-23(26)33-24-20(16-29)17-31-25(34-24)32-21-9-14-35(15-10-21)38(36,37)22-5-3-18(4-6-22)19-7-12-30-13-8-19/h3-7,17,21,23,30H,1-2,8-15H2,(H2,31,32,33,34). The Labute approximate surface area is 221 Å². The number of sulfonamides is 1. The molecule has 0 bridgehead atoms. The minimum absolute atomic E-state index is 0.0836. The number of halogens is 2. The van der Waals surface area contributed by atoms with Gasteiger partial charge in [0, 0.05) is 32.1 Å². The van der Waals surface area contributed by atoms with Crippen molar-refractivity contribution in [2.45, 2.75) is 61.4 Å². The molecule has 3 heterocycles. The quantitative estimate of drug-likeness (QED) is 0.484. The summed E-state index contributed by atoms with van der Waals surface area (Å²) in [6, 6.07) is 7.86. The van der Waals surface area contributed by atoms with Crippen LogP contribution in [0.3, 0.4) is 0 Å². The van der Waals surface area contributed by atoms with Crippen LogP contribution in [0.4, 0.5) is 20.5 Å². The van der Waals surface area contributed by atoms with Crippen LogP contribution in [0.1, 0.15) is 49.7 Å². The van der Waals surface area contributed by atoms with Gasteiger partial charge in [0.1, 0.15) is 17.5 Å². The molecule has 1 saturated heterocycles. The number of nitriles is 1. The highest BCUT2D eigenvalue weighted by atomic mass is 32.2. The van der Waals surface area contributed by atoms with Gasteiger partial charge in [0.25, 0.3) is 5.92 Å². The van der Waals surface area contributed by atoms with Crippen molar-refractivity contribution < 1.29 is 17.2 Å². The molecule has 1 unspecified atom stereocenters. The molecular formula is C26H31F2N7O2S. The highest BCUT2D eigenvalue weighted by Gasteiger charge is 2.44. The van der Waals surface area contributed by atoms with Crippen molar-refractivity contribution in [1.29, 1.82) is 5.26 Å². The maximum absolute atomic E-state index is 14.1. The third-order valence-corrected chi connectivity index (χ3v) is 9.36. The number of nitrogens with one attached hydrogen (secondary N) is 3. The van der Waals surface area contributed by atoms with Gasteiger partial charge in [-0.25, -0.2) is 22.2 Å². The minimum Gasteiger partial charge on any atom is -0.360 e. The van der Waals surface area contributed by atoms with Gasteiger partial charge in [0.2, 0.25) is 16.0 Å². The fourth-order valence-corrected chi connectivity index (χ4v) is 6.68. The zero-order chi connectivity index (χ0) is 26.8. The second-order valence-electron chi connectivity index (χ2n) is 9.95. The van der Waals surface area contributed by atoms with Crippen molar-refractivity contribution in [2.24, 2.45) is 0 Å². The SMILES string of the molecule is N#Cc1cnc(NC2CCN(S(=O)(=O)c3ccc(C4=CCNCC4)cc3)CC2)nc1NC1CCCC1(F)F. The van der Waals surface area contributed by atoms with Crippen molar-refractivity contribution in [3.63, 3.8) is 0 Å². The average molecular weight is 544 g/mol. The van der Waals surface area contributed by atoms with Crippen LogP contribution in [0, 0.1) is 11.3 Å². The van der Waals surface area contributed by atoms with Crippen LogP contribution in [-0.2, 0) is 10.0 Å². The van der Waals surface area contributed by atoms with E-state index in [1.54, 1.807) is 12.1 Å². The number of rotatable bonds is 7. The number of hydrogen-bond donors (Lipinski definition) is 3. The lowest BCUT2D eigenvalue weighted by molar-refractivity contribution is -0.000697. The lowest BCUT2D eigenvalue weighted by atomic mass is 10.0. The third kappa shape index (κ3) is 5.65. The molecule has 0 amide bonds. The summed E-state index contributed by atoms with van der Waals surface area (Å²) in [5.74, 6) is -2.55. The molecule has 3 aliphatic rings. The van der Waals surface area contributed by atoms with Gasteiger partial charge in [0.15, 0.2) is 0 Å². The van der Waals surface area contributed by atoms with Crippen LogP contribution in [-0.4, -0.2) is 66.9 Å². The molecule has 12 heteroatoms. The third-order valence-electron chi connectivity index (χ3n) is 7.45. The zero-order valence-electron chi connectivity index (χ0n) is 21.0. The second kappa shape index (κ2) is 10.9. The molecule has 1 atom stereocenters. The van der Waals surface area contributed by atoms with Crippen LogP contribution in [0.2, 0.25) is 0 Å². The van der Waals surface area contributed by atoms with E-state index in [0.717, 1.165) is 25.1 Å². The molecule has 1 saturated carbocycles. The van der Waals surface area contributed by atoms with Crippen LogP contribution in [0.15, 0.2) is 41.4 Å². The summed E-state index contributed by atoms with van der Waals surface area (Å²) in [6.07, 6.45) is 5.94. The monoisotopic (exact) mass is 543 g/mol. The number of anilines is 2. The maximum atomic E-state index is 14.1. The van der Waals surface area contributed by atoms with E-state index in [4.69, 9.17) is 0 Å². The fraction of sp³-hybridized carbons (Fsp3) is 0.500. The van der Waals surface area contributed by atoms with Crippen LogP contribution < -0.4 is 16.0 Å². The molecule has 202 valence electrons. The van der Waals surface area contributed by atoms with Gasteiger partial charge in [-0.3, -0.25) is 0 Å². The molecule has 9 nitrogen and oxygen atoms in total. The van der Waals surface area contributed by atoms with Gasteiger partial charge in [-0.15, -0.1) is 0 Å². The summed E-state index contributed by atoms with van der Waals surface area (Å²) >= 11 is 0. The van der Waals surface area contributed by atoms with Crippen molar-refractivity contribution >= 4 is 27.4 Å². The number of aromatic nitrogens is 2. The summed E-state index contributed by atoms with van der Waals surface area (Å²) in [5, 5.41) is 18.6. The van der Waals surface area contributed by atoms with Crippen molar-refractivity contribution in [1.82, 2.24) is 19.6 Å². The van der Waals surface area contributed by atoms with E-state index in [0.29, 0.717) is 38.8 Å². The summed E-state index contributed by atoms with van der Waals surface area (Å²) in [4.78, 5) is 8.74. The first kappa shape index (κ1) is 26.5. The Morgan fingerprint density at radius 1 is 1.13 bits per heavy atom. The minimum atomic E-state index is -3.62. The van der Waals surface area contributed by atoms with Crippen LogP contribution in [0.25, 0.3) is 5.57 Å². The van der Waals surface area contributed by atoms with E-state index in [-0.39, 0.29) is 34.7 Å². The number of alkyl halides is 2. The molecule has 5 rings (SSSR count). The molecule has 0 spiro atoms. The van der Waals surface area contributed by atoms with E-state index >= 15 is 0 Å². The molecule has 1 aromatic carbocycles. The van der Waals surface area contributed by atoms with Crippen LogP contribution >= 0.6 is 0 Å². The zero-order valence-corrected chi connectivity index (χ0v) is 21.8. The number of piperidine rings is 1. The van der Waals surface area contributed by atoms with Crippen molar-refractivity contribution in [3.8, 4) is 6.07 Å². The summed E-state index contributed by atoms with van der Waals surface area (Å²) < 4.78 is 56.1. The van der Waals surface area contributed by atoms with Crippen molar-refractivity contribution in [3.05, 3.63) is 47.7 Å². The topological polar surface area (TPSA) is 123 Å². The number of nitrogens with zero attached hydrogens (tertiary/aromatic N) is 4. The number of hydrogen-bond acceptors (Lipinski definition) is 8. The van der Waals surface area contributed by atoms with E-state index in [1.807, 2.05) is 18.2 Å². The lowest BCUT2D eigenvalue weighted by Gasteiger charge is -2.31. The Morgan fingerprint density at radius 3 is 2.53 bits per heavy atom. The average Bonchev–Trinajstić information content (AvgIpc) is 3.27. The summed E-state index contributed by atoms with van der Waals surface area (Å²) in [7, 11) is -3.62. The van der Waals surface area contributed by atoms with Gasteiger partial charge >= 0.3 is 0 Å². The molecule has 0 radical (unpaired) electrons. The lowest BCUT2D eigenvalue weighted by Crippen LogP contribution is -2.42. The molecule has 2 aliphatic heterocycles. The Bertz CT molecular complexity index is 1330. The van der Waals surface area contributed by atoms with E-state index in [1.165, 1.54) is 16.1 Å². The molecule has 38 heavy (non-hydrogen) atoms.